The first-order valence-corrected chi connectivity index (χ1v) is 6.41. The normalized spacial score (nSPS) is 23.3. The van der Waals surface area contributed by atoms with E-state index in [0.29, 0.717) is 6.61 Å². The standard InChI is InChI=1S/C13H17BrO2/c1-13(2)8-7-12(16-13)9-15-11-5-3-10(14)4-6-11/h3-6,12H,7-9H2,1-2H3. The average Bonchev–Trinajstić information content (AvgIpc) is 2.58. The first-order valence-electron chi connectivity index (χ1n) is 5.61. The van der Waals surface area contributed by atoms with Gasteiger partial charge in [-0.25, -0.2) is 0 Å². The molecule has 0 N–H and O–H groups in total. The summed E-state index contributed by atoms with van der Waals surface area (Å²) >= 11 is 3.40. The Morgan fingerprint density at radius 1 is 1.38 bits per heavy atom. The summed E-state index contributed by atoms with van der Waals surface area (Å²) in [4.78, 5) is 0. The topological polar surface area (TPSA) is 18.5 Å². The van der Waals surface area contributed by atoms with Gasteiger partial charge in [0, 0.05) is 4.47 Å². The summed E-state index contributed by atoms with van der Waals surface area (Å²) in [5, 5.41) is 0. The van der Waals surface area contributed by atoms with Gasteiger partial charge in [-0.05, 0) is 51.0 Å². The maximum absolute atomic E-state index is 5.86. The monoisotopic (exact) mass is 284 g/mol. The molecule has 1 heterocycles. The van der Waals surface area contributed by atoms with Gasteiger partial charge in [0.2, 0.25) is 0 Å². The number of ether oxygens (including phenoxy) is 2. The fourth-order valence-electron chi connectivity index (χ4n) is 1.91. The zero-order chi connectivity index (χ0) is 11.6. The van der Waals surface area contributed by atoms with Gasteiger partial charge in [-0.1, -0.05) is 15.9 Å². The maximum atomic E-state index is 5.86. The molecule has 88 valence electrons. The molecule has 0 aliphatic carbocycles. The highest BCUT2D eigenvalue weighted by molar-refractivity contribution is 9.10. The van der Waals surface area contributed by atoms with Crippen molar-refractivity contribution in [2.45, 2.75) is 38.4 Å². The van der Waals surface area contributed by atoms with E-state index in [4.69, 9.17) is 9.47 Å². The highest BCUT2D eigenvalue weighted by Crippen LogP contribution is 2.29. The predicted octanol–water partition coefficient (Wildman–Crippen LogP) is 3.79. The SMILES string of the molecule is CC1(C)CCC(COc2ccc(Br)cc2)O1. The molecule has 0 aromatic heterocycles. The van der Waals surface area contributed by atoms with Crippen LogP contribution in [0.1, 0.15) is 26.7 Å². The van der Waals surface area contributed by atoms with Gasteiger partial charge < -0.3 is 9.47 Å². The van der Waals surface area contributed by atoms with Gasteiger partial charge in [-0.15, -0.1) is 0 Å². The van der Waals surface area contributed by atoms with Gasteiger partial charge in [0.25, 0.3) is 0 Å². The number of benzene rings is 1. The minimum atomic E-state index is 0.0216. The molecular formula is C13H17BrO2. The third kappa shape index (κ3) is 3.22. The minimum absolute atomic E-state index is 0.0216. The van der Waals surface area contributed by atoms with Crippen LogP contribution >= 0.6 is 15.9 Å². The molecule has 0 spiro atoms. The van der Waals surface area contributed by atoms with Crippen LogP contribution in [-0.2, 0) is 4.74 Å². The van der Waals surface area contributed by atoms with Crippen molar-refractivity contribution in [1.82, 2.24) is 0 Å². The maximum Gasteiger partial charge on any atom is 0.119 e. The van der Waals surface area contributed by atoms with Gasteiger partial charge in [-0.3, -0.25) is 0 Å². The van der Waals surface area contributed by atoms with Gasteiger partial charge in [0.05, 0.1) is 11.7 Å². The molecule has 3 heteroatoms. The van der Waals surface area contributed by atoms with Crippen molar-refractivity contribution >= 4 is 15.9 Å². The van der Waals surface area contributed by atoms with E-state index in [1.165, 1.54) is 0 Å². The zero-order valence-electron chi connectivity index (χ0n) is 9.70. The second-order valence-electron chi connectivity index (χ2n) is 4.80. The van der Waals surface area contributed by atoms with Crippen LogP contribution < -0.4 is 4.74 Å². The minimum Gasteiger partial charge on any atom is -0.491 e. The number of hydrogen-bond acceptors (Lipinski definition) is 2. The van der Waals surface area contributed by atoms with Crippen LogP contribution in [0.4, 0.5) is 0 Å². The summed E-state index contributed by atoms with van der Waals surface area (Å²) in [6, 6.07) is 7.89. The van der Waals surface area contributed by atoms with Crippen molar-refractivity contribution in [3.8, 4) is 5.75 Å². The molecule has 0 radical (unpaired) electrons. The van der Waals surface area contributed by atoms with E-state index in [1.807, 2.05) is 24.3 Å². The molecule has 0 bridgehead atoms. The van der Waals surface area contributed by atoms with Crippen LogP contribution in [-0.4, -0.2) is 18.3 Å². The molecule has 16 heavy (non-hydrogen) atoms. The fraction of sp³-hybridized carbons (Fsp3) is 0.538. The van der Waals surface area contributed by atoms with Crippen LogP contribution in [0.2, 0.25) is 0 Å². The van der Waals surface area contributed by atoms with E-state index in [2.05, 4.69) is 29.8 Å². The molecule has 1 aliphatic rings. The van der Waals surface area contributed by atoms with E-state index in [1.54, 1.807) is 0 Å². The number of halogens is 1. The van der Waals surface area contributed by atoms with Crippen molar-refractivity contribution in [1.29, 1.82) is 0 Å². The Hall–Kier alpha value is -0.540. The lowest BCUT2D eigenvalue weighted by Gasteiger charge is -2.19. The molecule has 1 atom stereocenters. The predicted molar refractivity (Wildman–Crippen MR) is 67.8 cm³/mol. The summed E-state index contributed by atoms with van der Waals surface area (Å²) < 4.78 is 12.6. The quantitative estimate of drug-likeness (QED) is 0.841. The summed E-state index contributed by atoms with van der Waals surface area (Å²) in [5.74, 6) is 0.900. The van der Waals surface area contributed by atoms with Crippen molar-refractivity contribution in [3.05, 3.63) is 28.7 Å². The molecule has 1 saturated heterocycles. The average molecular weight is 285 g/mol. The van der Waals surface area contributed by atoms with Crippen LogP contribution in [0.3, 0.4) is 0 Å². The molecule has 1 fully saturated rings. The van der Waals surface area contributed by atoms with Crippen molar-refractivity contribution in [3.63, 3.8) is 0 Å². The Labute approximate surface area is 105 Å². The largest absolute Gasteiger partial charge is 0.491 e. The van der Waals surface area contributed by atoms with Gasteiger partial charge in [0.1, 0.15) is 12.4 Å². The van der Waals surface area contributed by atoms with Crippen LogP contribution in [0, 0.1) is 0 Å². The van der Waals surface area contributed by atoms with Crippen LogP contribution in [0.15, 0.2) is 28.7 Å². The van der Waals surface area contributed by atoms with Gasteiger partial charge >= 0.3 is 0 Å². The third-order valence-electron chi connectivity index (χ3n) is 2.80. The van der Waals surface area contributed by atoms with E-state index in [9.17, 15) is 0 Å². The summed E-state index contributed by atoms with van der Waals surface area (Å²) in [6.45, 7) is 4.91. The Kier molecular flexibility index (Phi) is 3.55. The fourth-order valence-corrected chi connectivity index (χ4v) is 2.18. The van der Waals surface area contributed by atoms with E-state index in [0.717, 1.165) is 23.1 Å². The molecule has 2 rings (SSSR count). The van der Waals surface area contributed by atoms with Gasteiger partial charge in [-0.2, -0.15) is 0 Å². The van der Waals surface area contributed by atoms with Crippen molar-refractivity contribution in [2.75, 3.05) is 6.61 Å². The molecule has 2 nitrogen and oxygen atoms in total. The lowest BCUT2D eigenvalue weighted by atomic mass is 10.1. The molecule has 0 saturated carbocycles. The Balaban J connectivity index is 1.82. The second kappa shape index (κ2) is 4.76. The molecule has 1 unspecified atom stereocenters. The summed E-state index contributed by atoms with van der Waals surface area (Å²) in [5.41, 5.74) is 0.0216. The van der Waals surface area contributed by atoms with Crippen molar-refractivity contribution in [2.24, 2.45) is 0 Å². The van der Waals surface area contributed by atoms with Gasteiger partial charge in [0.15, 0.2) is 0 Å². The molecule has 1 aromatic rings. The van der Waals surface area contributed by atoms with Crippen LogP contribution in [0.25, 0.3) is 0 Å². The van der Waals surface area contributed by atoms with Crippen LogP contribution in [0.5, 0.6) is 5.75 Å². The second-order valence-corrected chi connectivity index (χ2v) is 5.72. The Morgan fingerprint density at radius 3 is 2.62 bits per heavy atom. The lowest BCUT2D eigenvalue weighted by molar-refractivity contribution is -0.0326. The number of hydrogen-bond donors (Lipinski definition) is 0. The zero-order valence-corrected chi connectivity index (χ0v) is 11.3. The van der Waals surface area contributed by atoms with E-state index >= 15 is 0 Å². The highest BCUT2D eigenvalue weighted by Gasteiger charge is 2.31. The summed E-state index contributed by atoms with van der Waals surface area (Å²) in [6.07, 6.45) is 2.43. The first kappa shape index (κ1) is 11.9. The summed E-state index contributed by atoms with van der Waals surface area (Å²) in [7, 11) is 0. The highest BCUT2D eigenvalue weighted by atomic mass is 79.9. The smallest absolute Gasteiger partial charge is 0.119 e. The molecule has 0 amide bonds. The Morgan fingerprint density at radius 2 is 2.06 bits per heavy atom. The molecular weight excluding hydrogens is 268 g/mol. The Bertz CT molecular complexity index is 345. The van der Waals surface area contributed by atoms with E-state index < -0.39 is 0 Å². The lowest BCUT2D eigenvalue weighted by Crippen LogP contribution is -2.23. The van der Waals surface area contributed by atoms with E-state index in [-0.39, 0.29) is 11.7 Å². The molecule has 1 aromatic carbocycles. The number of rotatable bonds is 3. The van der Waals surface area contributed by atoms with Crippen molar-refractivity contribution < 1.29 is 9.47 Å². The first-order chi connectivity index (χ1) is 7.55. The third-order valence-corrected chi connectivity index (χ3v) is 3.33. The molecule has 1 aliphatic heterocycles.